The summed E-state index contributed by atoms with van der Waals surface area (Å²) in [7, 11) is 1.54. The van der Waals surface area contributed by atoms with Crippen molar-refractivity contribution in [2.24, 2.45) is 0 Å². The Morgan fingerprint density at radius 3 is 1.98 bits per heavy atom. The molecule has 0 spiro atoms. The van der Waals surface area contributed by atoms with E-state index in [4.69, 9.17) is 9.47 Å². The van der Waals surface area contributed by atoms with Crippen molar-refractivity contribution in [2.45, 2.75) is 45.1 Å². The molecular weight excluding hydrogens is 663 g/mol. The van der Waals surface area contributed by atoms with Crippen molar-refractivity contribution in [3.05, 3.63) is 159 Å². The van der Waals surface area contributed by atoms with Crippen molar-refractivity contribution < 1.29 is 23.9 Å². The molecule has 2 atom stereocenters. The van der Waals surface area contributed by atoms with Gasteiger partial charge in [0.1, 0.15) is 12.2 Å². The monoisotopic (exact) mass is 703 g/mol. The molecule has 8 rings (SSSR count). The number of ether oxygens (including phenoxy) is 2. The lowest BCUT2D eigenvalue weighted by atomic mass is 9.76. The molecule has 53 heavy (non-hydrogen) atoms. The number of carbonyl (C=O) groups is 3. The van der Waals surface area contributed by atoms with E-state index in [1.54, 1.807) is 25.3 Å². The number of anilines is 2. The van der Waals surface area contributed by atoms with E-state index in [1.807, 2.05) is 54.6 Å². The Hall–Kier alpha value is -6.15. The van der Waals surface area contributed by atoms with E-state index in [2.05, 4.69) is 60.5 Å². The summed E-state index contributed by atoms with van der Waals surface area (Å²) in [5.74, 6) is -0.285. The molecule has 4 amide bonds. The lowest BCUT2D eigenvalue weighted by Gasteiger charge is -2.44. The normalized spacial score (nSPS) is 18.8. The predicted molar refractivity (Wildman–Crippen MR) is 207 cm³/mol. The summed E-state index contributed by atoms with van der Waals surface area (Å²) in [6.07, 6.45) is 3.31. The third kappa shape index (κ3) is 6.46. The molecule has 3 aliphatic rings. The van der Waals surface area contributed by atoms with Crippen molar-refractivity contribution in [1.29, 1.82) is 0 Å². The third-order valence-corrected chi connectivity index (χ3v) is 10.8. The van der Waals surface area contributed by atoms with Gasteiger partial charge in [0.15, 0.2) is 11.5 Å². The smallest absolute Gasteiger partial charge is 0.335 e. The quantitative estimate of drug-likeness (QED) is 0.129. The van der Waals surface area contributed by atoms with Crippen LogP contribution in [-0.2, 0) is 16.2 Å². The standard InChI is InChI=1S/C45H41N3O5/c1-28-14-15-31(22-29(28)2)27-53-40-17-16-30(24-41(40)52-3)23-39-43(49)46-45(51)48(44(39)50)34-25-37-35(32-10-6-4-7-11-32)18-20-47-21-19-36(38(26-34)42(37)47)33-12-8-5-9-13-33/h4-17,22-26,35-36H,18-21,27H2,1-3H3,(H,46,49,51)/b39-23+/t35-,36-/m1/s1. The fourth-order valence-corrected chi connectivity index (χ4v) is 7.97. The van der Waals surface area contributed by atoms with Gasteiger partial charge in [0.25, 0.3) is 11.8 Å². The maximum atomic E-state index is 14.3. The first-order chi connectivity index (χ1) is 25.8. The highest BCUT2D eigenvalue weighted by Gasteiger charge is 2.40. The van der Waals surface area contributed by atoms with Gasteiger partial charge in [-0.1, -0.05) is 84.9 Å². The molecule has 1 saturated heterocycles. The molecule has 0 aromatic heterocycles. The summed E-state index contributed by atoms with van der Waals surface area (Å²) in [6.45, 7) is 6.33. The second kappa shape index (κ2) is 14.1. The Morgan fingerprint density at radius 1 is 0.736 bits per heavy atom. The van der Waals surface area contributed by atoms with Gasteiger partial charge in [0.05, 0.1) is 12.8 Å². The minimum atomic E-state index is -0.770. The molecule has 0 aliphatic carbocycles. The number of rotatable bonds is 8. The SMILES string of the molecule is COc1cc(/C=C2\C(=O)NC(=O)N(c3cc4c5c(c3)[C@@H](c3ccccc3)CCN5CC[C@@H]4c3ccccc3)C2=O)ccc1OCc1ccc(C)c(C)c1. The number of methoxy groups -OCH3 is 1. The maximum absolute atomic E-state index is 14.3. The largest absolute Gasteiger partial charge is 0.493 e. The highest BCUT2D eigenvalue weighted by molar-refractivity contribution is 6.39. The lowest BCUT2D eigenvalue weighted by molar-refractivity contribution is -0.122. The number of imide groups is 2. The van der Waals surface area contributed by atoms with Gasteiger partial charge in [-0.3, -0.25) is 14.9 Å². The molecule has 0 radical (unpaired) electrons. The number of aryl methyl sites for hydroxylation is 2. The van der Waals surface area contributed by atoms with Crippen molar-refractivity contribution >= 4 is 35.3 Å². The molecule has 3 heterocycles. The van der Waals surface area contributed by atoms with Gasteiger partial charge < -0.3 is 14.4 Å². The van der Waals surface area contributed by atoms with Gasteiger partial charge in [0, 0.05) is 30.6 Å². The summed E-state index contributed by atoms with van der Waals surface area (Å²) >= 11 is 0. The molecule has 0 unspecified atom stereocenters. The molecule has 5 aromatic carbocycles. The van der Waals surface area contributed by atoms with Crippen LogP contribution in [0.1, 0.15) is 69.2 Å². The maximum Gasteiger partial charge on any atom is 0.335 e. The molecule has 266 valence electrons. The number of hydrogen-bond acceptors (Lipinski definition) is 6. The van der Waals surface area contributed by atoms with Crippen LogP contribution in [0.25, 0.3) is 6.08 Å². The number of benzene rings is 5. The van der Waals surface area contributed by atoms with Gasteiger partial charge in [-0.15, -0.1) is 0 Å². The minimum Gasteiger partial charge on any atom is -0.493 e. The Bertz CT molecular complexity index is 2190. The molecule has 1 fully saturated rings. The van der Waals surface area contributed by atoms with Crippen LogP contribution in [0, 0.1) is 13.8 Å². The number of nitrogens with zero attached hydrogens (tertiary/aromatic N) is 2. The van der Waals surface area contributed by atoms with Crippen LogP contribution in [0.5, 0.6) is 11.5 Å². The summed E-state index contributed by atoms with van der Waals surface area (Å²) in [5.41, 5.74) is 10.0. The molecule has 0 saturated carbocycles. The van der Waals surface area contributed by atoms with Crippen molar-refractivity contribution in [2.75, 3.05) is 30.0 Å². The molecule has 0 bridgehead atoms. The summed E-state index contributed by atoms with van der Waals surface area (Å²) in [6, 6.07) is 35.4. The second-order valence-electron chi connectivity index (χ2n) is 14.0. The summed E-state index contributed by atoms with van der Waals surface area (Å²) < 4.78 is 11.7. The fourth-order valence-electron chi connectivity index (χ4n) is 7.97. The van der Waals surface area contributed by atoms with E-state index in [-0.39, 0.29) is 17.4 Å². The van der Waals surface area contributed by atoms with E-state index in [1.165, 1.54) is 34.0 Å². The minimum absolute atomic E-state index is 0.0819. The predicted octanol–water partition coefficient (Wildman–Crippen LogP) is 8.44. The highest BCUT2D eigenvalue weighted by atomic mass is 16.5. The zero-order valence-electron chi connectivity index (χ0n) is 30.1. The van der Waals surface area contributed by atoms with E-state index >= 15 is 0 Å². The molecule has 8 heteroatoms. The van der Waals surface area contributed by atoms with Gasteiger partial charge in [-0.25, -0.2) is 9.69 Å². The van der Waals surface area contributed by atoms with E-state index in [0.717, 1.165) is 47.5 Å². The Kier molecular flexibility index (Phi) is 9.04. The van der Waals surface area contributed by atoms with Crippen molar-refractivity contribution in [1.82, 2.24) is 5.32 Å². The number of carbonyl (C=O) groups excluding carboxylic acids is 3. The number of urea groups is 1. The second-order valence-corrected chi connectivity index (χ2v) is 14.0. The first-order valence-corrected chi connectivity index (χ1v) is 18.1. The Morgan fingerprint density at radius 2 is 1.38 bits per heavy atom. The van der Waals surface area contributed by atoms with Crippen molar-refractivity contribution in [3.63, 3.8) is 0 Å². The molecule has 8 nitrogen and oxygen atoms in total. The molecule has 3 aliphatic heterocycles. The van der Waals surface area contributed by atoms with Crippen LogP contribution in [0.3, 0.4) is 0 Å². The first kappa shape index (κ1) is 34.0. The highest BCUT2D eigenvalue weighted by Crippen LogP contribution is 2.50. The number of hydrogen-bond donors (Lipinski definition) is 1. The average Bonchev–Trinajstić information content (AvgIpc) is 3.18. The number of amides is 4. The number of barbiturate groups is 1. The Balaban J connectivity index is 1.16. The van der Waals surface area contributed by atoms with Crippen LogP contribution in [0.15, 0.2) is 115 Å². The zero-order valence-corrected chi connectivity index (χ0v) is 30.1. The molecule has 5 aromatic rings. The topological polar surface area (TPSA) is 88.2 Å². The van der Waals surface area contributed by atoms with Gasteiger partial charge in [-0.05, 0) is 102 Å². The number of nitrogens with one attached hydrogen (secondary N) is 1. The van der Waals surface area contributed by atoms with Crippen LogP contribution in [0.2, 0.25) is 0 Å². The van der Waals surface area contributed by atoms with E-state index < -0.39 is 17.8 Å². The molecular formula is C45H41N3O5. The van der Waals surface area contributed by atoms with Crippen molar-refractivity contribution in [3.8, 4) is 11.5 Å². The average molecular weight is 704 g/mol. The van der Waals surface area contributed by atoms with Gasteiger partial charge in [-0.2, -0.15) is 0 Å². The van der Waals surface area contributed by atoms with Gasteiger partial charge in [0.2, 0.25) is 0 Å². The summed E-state index contributed by atoms with van der Waals surface area (Å²) in [4.78, 5) is 44.8. The zero-order chi connectivity index (χ0) is 36.6. The van der Waals surface area contributed by atoms with Crippen LogP contribution in [-0.4, -0.2) is 38.0 Å². The van der Waals surface area contributed by atoms with E-state index in [9.17, 15) is 14.4 Å². The van der Waals surface area contributed by atoms with E-state index in [0.29, 0.717) is 29.4 Å². The molecule has 1 N–H and O–H groups in total. The Labute approximate surface area is 309 Å². The lowest BCUT2D eigenvalue weighted by Crippen LogP contribution is -2.54. The van der Waals surface area contributed by atoms with Crippen LogP contribution >= 0.6 is 0 Å². The van der Waals surface area contributed by atoms with Gasteiger partial charge >= 0.3 is 6.03 Å². The first-order valence-electron chi connectivity index (χ1n) is 18.1. The van der Waals surface area contributed by atoms with Crippen LogP contribution in [0.4, 0.5) is 16.2 Å². The third-order valence-electron chi connectivity index (χ3n) is 10.8. The van der Waals surface area contributed by atoms with Crippen LogP contribution < -0.4 is 24.6 Å². The summed E-state index contributed by atoms with van der Waals surface area (Å²) in [5, 5.41) is 2.43. The fraction of sp³-hybridized carbons (Fsp3) is 0.222.